The zero-order valence-electron chi connectivity index (χ0n) is 12.1. The van der Waals surface area contributed by atoms with Gasteiger partial charge in [0.05, 0.1) is 0 Å². The fourth-order valence-corrected chi connectivity index (χ4v) is 3.10. The van der Waals surface area contributed by atoms with E-state index >= 15 is 0 Å². The van der Waals surface area contributed by atoms with Gasteiger partial charge in [-0.15, -0.1) is 11.8 Å². The van der Waals surface area contributed by atoms with Crippen molar-refractivity contribution in [1.29, 1.82) is 0 Å². The topological polar surface area (TPSA) is 37.3 Å². The summed E-state index contributed by atoms with van der Waals surface area (Å²) >= 11 is 1.64. The highest BCUT2D eigenvalue weighted by molar-refractivity contribution is 8.00. The first-order valence-electron chi connectivity index (χ1n) is 7.56. The van der Waals surface area contributed by atoms with Crippen LogP contribution in [-0.4, -0.2) is 22.1 Å². The highest BCUT2D eigenvalue weighted by Gasteiger charge is 2.16. The average Bonchev–Trinajstić information content (AvgIpc) is 2.35. The molecule has 3 heteroatoms. The minimum atomic E-state index is -0.620. The number of hydrogen-bond acceptors (Lipinski definition) is 2. The number of rotatable bonds is 13. The molecule has 0 spiro atoms. The van der Waals surface area contributed by atoms with Gasteiger partial charge < -0.3 is 5.11 Å². The molecule has 1 N–H and O–H groups in total. The second kappa shape index (κ2) is 13.3. The van der Waals surface area contributed by atoms with Gasteiger partial charge in [-0.3, -0.25) is 4.79 Å². The molecular formula is C15H30O2S. The fraction of sp³-hybridized carbons (Fsp3) is 0.933. The molecule has 0 rings (SSSR count). The number of carbonyl (C=O) groups is 1. The Morgan fingerprint density at radius 1 is 0.944 bits per heavy atom. The molecule has 1 unspecified atom stereocenters. The number of carboxylic acid groups (broad SMARTS) is 1. The van der Waals surface area contributed by atoms with Crippen LogP contribution in [0.1, 0.15) is 78.1 Å². The molecule has 0 aromatic rings. The Morgan fingerprint density at radius 3 is 2.11 bits per heavy atom. The smallest absolute Gasteiger partial charge is 0.316 e. The van der Waals surface area contributed by atoms with Crippen LogP contribution in [0, 0.1) is 0 Å². The molecule has 0 aromatic carbocycles. The summed E-state index contributed by atoms with van der Waals surface area (Å²) in [6.45, 7) is 4.39. The Kier molecular flexibility index (Phi) is 13.1. The maximum Gasteiger partial charge on any atom is 0.316 e. The molecule has 18 heavy (non-hydrogen) atoms. The van der Waals surface area contributed by atoms with E-state index in [-0.39, 0.29) is 5.25 Å². The number of aliphatic carboxylic acids is 1. The number of unbranched alkanes of at least 4 members (excludes halogenated alkanes) is 7. The van der Waals surface area contributed by atoms with E-state index in [4.69, 9.17) is 5.11 Å². The molecule has 0 saturated carbocycles. The van der Waals surface area contributed by atoms with Gasteiger partial charge in [-0.1, -0.05) is 65.2 Å². The van der Waals surface area contributed by atoms with Crippen molar-refractivity contribution in [2.24, 2.45) is 0 Å². The van der Waals surface area contributed by atoms with Gasteiger partial charge in [-0.2, -0.15) is 0 Å². The van der Waals surface area contributed by atoms with Gasteiger partial charge >= 0.3 is 5.97 Å². The van der Waals surface area contributed by atoms with Crippen LogP contribution in [0.15, 0.2) is 0 Å². The summed E-state index contributed by atoms with van der Waals surface area (Å²) in [6.07, 6.45) is 11.8. The summed E-state index contributed by atoms with van der Waals surface area (Å²) in [5, 5.41) is 8.98. The first-order chi connectivity index (χ1) is 8.72. The van der Waals surface area contributed by atoms with Crippen LogP contribution in [0.3, 0.4) is 0 Å². The highest BCUT2D eigenvalue weighted by Crippen LogP contribution is 2.20. The zero-order chi connectivity index (χ0) is 13.6. The van der Waals surface area contributed by atoms with E-state index in [1.165, 1.54) is 44.9 Å². The molecule has 0 aliphatic carbocycles. The molecule has 0 fully saturated rings. The van der Waals surface area contributed by atoms with Gasteiger partial charge in [0, 0.05) is 0 Å². The van der Waals surface area contributed by atoms with Gasteiger partial charge in [0.25, 0.3) is 0 Å². The van der Waals surface area contributed by atoms with E-state index < -0.39 is 5.97 Å². The van der Waals surface area contributed by atoms with Gasteiger partial charge in [-0.05, 0) is 18.6 Å². The lowest BCUT2D eigenvalue weighted by atomic mass is 10.1. The standard InChI is InChI=1S/C15H30O2S/c1-3-5-7-8-9-10-12-14(15(16)17)18-13-11-6-4-2/h14H,3-13H2,1-2H3,(H,16,17). The van der Waals surface area contributed by atoms with Crippen molar-refractivity contribution >= 4 is 17.7 Å². The van der Waals surface area contributed by atoms with Crippen molar-refractivity contribution in [2.75, 3.05) is 5.75 Å². The SMILES string of the molecule is CCCCCCCCC(SCCCCC)C(=O)O. The number of hydrogen-bond donors (Lipinski definition) is 1. The Morgan fingerprint density at radius 2 is 1.50 bits per heavy atom. The molecule has 2 nitrogen and oxygen atoms in total. The second-order valence-electron chi connectivity index (χ2n) is 4.96. The van der Waals surface area contributed by atoms with E-state index in [9.17, 15) is 4.79 Å². The quantitative estimate of drug-likeness (QED) is 0.474. The maximum absolute atomic E-state index is 11.1. The van der Waals surface area contributed by atoms with Crippen LogP contribution in [-0.2, 0) is 4.79 Å². The maximum atomic E-state index is 11.1. The average molecular weight is 274 g/mol. The monoisotopic (exact) mass is 274 g/mol. The van der Waals surface area contributed by atoms with E-state index in [1.54, 1.807) is 11.8 Å². The van der Waals surface area contributed by atoms with Crippen molar-refractivity contribution in [3.63, 3.8) is 0 Å². The van der Waals surface area contributed by atoms with Crippen molar-refractivity contribution < 1.29 is 9.90 Å². The van der Waals surface area contributed by atoms with E-state index in [2.05, 4.69) is 13.8 Å². The third-order valence-electron chi connectivity index (χ3n) is 3.16. The fourth-order valence-electron chi connectivity index (χ4n) is 1.97. The van der Waals surface area contributed by atoms with Crippen LogP contribution in [0.2, 0.25) is 0 Å². The van der Waals surface area contributed by atoms with Crippen molar-refractivity contribution in [3.05, 3.63) is 0 Å². The predicted molar refractivity (Wildman–Crippen MR) is 81.4 cm³/mol. The molecule has 0 amide bonds. The van der Waals surface area contributed by atoms with Crippen LogP contribution in [0.25, 0.3) is 0 Å². The van der Waals surface area contributed by atoms with Gasteiger partial charge in [0.1, 0.15) is 5.25 Å². The normalized spacial score (nSPS) is 12.6. The summed E-state index contributed by atoms with van der Waals surface area (Å²) in [5.41, 5.74) is 0. The summed E-state index contributed by atoms with van der Waals surface area (Å²) in [6, 6.07) is 0. The van der Waals surface area contributed by atoms with Crippen molar-refractivity contribution in [1.82, 2.24) is 0 Å². The van der Waals surface area contributed by atoms with Gasteiger partial charge in [-0.25, -0.2) is 0 Å². The lowest BCUT2D eigenvalue weighted by molar-refractivity contribution is -0.136. The van der Waals surface area contributed by atoms with Crippen LogP contribution in [0.5, 0.6) is 0 Å². The summed E-state index contributed by atoms with van der Waals surface area (Å²) in [4.78, 5) is 11.1. The number of thioether (sulfide) groups is 1. The molecular weight excluding hydrogens is 244 g/mol. The molecule has 0 saturated heterocycles. The summed E-state index contributed by atoms with van der Waals surface area (Å²) in [5.74, 6) is 0.380. The third-order valence-corrected chi connectivity index (χ3v) is 4.53. The molecule has 0 aliphatic rings. The molecule has 0 aliphatic heterocycles. The lowest BCUT2D eigenvalue weighted by Gasteiger charge is -2.11. The minimum absolute atomic E-state index is 0.173. The third kappa shape index (κ3) is 10.9. The van der Waals surface area contributed by atoms with E-state index in [1.807, 2.05) is 0 Å². The first-order valence-corrected chi connectivity index (χ1v) is 8.61. The van der Waals surface area contributed by atoms with Gasteiger partial charge in [0.2, 0.25) is 0 Å². The Balaban J connectivity index is 3.54. The predicted octanol–water partition coefficient (Wildman–Crippen LogP) is 5.11. The minimum Gasteiger partial charge on any atom is -0.480 e. The van der Waals surface area contributed by atoms with Crippen LogP contribution in [0.4, 0.5) is 0 Å². The largest absolute Gasteiger partial charge is 0.480 e. The Labute approximate surface area is 117 Å². The second-order valence-corrected chi connectivity index (χ2v) is 6.27. The summed E-state index contributed by atoms with van der Waals surface area (Å²) in [7, 11) is 0. The first kappa shape index (κ1) is 17.8. The molecule has 108 valence electrons. The Hall–Kier alpha value is -0.180. The molecule has 0 aromatic heterocycles. The van der Waals surface area contributed by atoms with Crippen LogP contribution < -0.4 is 0 Å². The van der Waals surface area contributed by atoms with Crippen LogP contribution >= 0.6 is 11.8 Å². The molecule has 0 heterocycles. The number of carboxylic acids is 1. The Bertz CT molecular complexity index is 195. The molecule has 0 bridgehead atoms. The van der Waals surface area contributed by atoms with Gasteiger partial charge in [0.15, 0.2) is 0 Å². The van der Waals surface area contributed by atoms with E-state index in [0.717, 1.165) is 25.0 Å². The highest BCUT2D eigenvalue weighted by atomic mass is 32.2. The molecule has 1 atom stereocenters. The lowest BCUT2D eigenvalue weighted by Crippen LogP contribution is -2.16. The van der Waals surface area contributed by atoms with Crippen molar-refractivity contribution in [3.8, 4) is 0 Å². The summed E-state index contributed by atoms with van der Waals surface area (Å²) < 4.78 is 0. The molecule has 0 radical (unpaired) electrons. The zero-order valence-corrected chi connectivity index (χ0v) is 12.9. The van der Waals surface area contributed by atoms with E-state index in [0.29, 0.717) is 0 Å². The van der Waals surface area contributed by atoms with Crippen molar-refractivity contribution in [2.45, 2.75) is 83.3 Å².